The summed E-state index contributed by atoms with van der Waals surface area (Å²) in [5, 5.41) is 11.9. The van der Waals surface area contributed by atoms with Crippen molar-refractivity contribution in [2.75, 3.05) is 6.54 Å². The smallest absolute Gasteiger partial charge is 0.134 e. The average Bonchev–Trinajstić information content (AvgIpc) is 3.01. The molecular formula is C16H22N4O. The van der Waals surface area contributed by atoms with Gasteiger partial charge >= 0.3 is 0 Å². The molecule has 1 aromatic carbocycles. The van der Waals surface area contributed by atoms with Gasteiger partial charge in [-0.1, -0.05) is 29.8 Å². The summed E-state index contributed by atoms with van der Waals surface area (Å²) >= 11 is 0. The molecular weight excluding hydrogens is 264 g/mol. The number of aryl methyl sites for hydroxylation is 1. The third-order valence-corrected chi connectivity index (χ3v) is 3.84. The van der Waals surface area contributed by atoms with E-state index in [0.717, 1.165) is 31.0 Å². The molecule has 1 unspecified atom stereocenters. The normalized spacial score (nSPS) is 18.6. The highest BCUT2D eigenvalue weighted by Gasteiger charge is 2.12. The lowest BCUT2D eigenvalue weighted by Crippen LogP contribution is -2.34. The highest BCUT2D eigenvalue weighted by Crippen LogP contribution is 2.12. The lowest BCUT2D eigenvalue weighted by molar-refractivity contribution is 0.301. The number of hydrogen-bond acceptors (Lipinski definition) is 4. The predicted octanol–water partition coefficient (Wildman–Crippen LogP) is 2.39. The SMILES string of the molecule is c1ccc(OCc2cn(CCC3CCCCN3)nn2)cc1. The van der Waals surface area contributed by atoms with E-state index < -0.39 is 0 Å². The number of rotatable bonds is 6. The summed E-state index contributed by atoms with van der Waals surface area (Å²) < 4.78 is 7.59. The molecule has 1 atom stereocenters. The van der Waals surface area contributed by atoms with Gasteiger partial charge in [0, 0.05) is 12.6 Å². The Morgan fingerprint density at radius 1 is 1.24 bits per heavy atom. The first-order valence-electron chi connectivity index (χ1n) is 7.70. The Balaban J connectivity index is 1.45. The molecule has 3 rings (SSSR count). The average molecular weight is 286 g/mol. The van der Waals surface area contributed by atoms with Crippen molar-refractivity contribution >= 4 is 0 Å². The summed E-state index contributed by atoms with van der Waals surface area (Å²) in [5.41, 5.74) is 0.871. The van der Waals surface area contributed by atoms with E-state index in [4.69, 9.17) is 4.74 Å². The van der Waals surface area contributed by atoms with Gasteiger partial charge in [-0.3, -0.25) is 4.68 Å². The fourth-order valence-electron chi connectivity index (χ4n) is 2.65. The van der Waals surface area contributed by atoms with E-state index >= 15 is 0 Å². The Hall–Kier alpha value is -1.88. The molecule has 1 N–H and O–H groups in total. The van der Waals surface area contributed by atoms with Crippen molar-refractivity contribution in [2.45, 2.75) is 44.9 Å². The molecule has 0 aliphatic carbocycles. The third-order valence-electron chi connectivity index (χ3n) is 3.84. The second kappa shape index (κ2) is 7.22. The molecule has 5 nitrogen and oxygen atoms in total. The Morgan fingerprint density at radius 3 is 2.95 bits per heavy atom. The van der Waals surface area contributed by atoms with Crippen molar-refractivity contribution in [3.63, 3.8) is 0 Å². The van der Waals surface area contributed by atoms with Crippen molar-refractivity contribution < 1.29 is 4.74 Å². The van der Waals surface area contributed by atoms with Crippen LogP contribution in [0.15, 0.2) is 36.5 Å². The van der Waals surface area contributed by atoms with Gasteiger partial charge in [0.1, 0.15) is 18.1 Å². The maximum atomic E-state index is 5.67. The minimum Gasteiger partial charge on any atom is -0.487 e. The highest BCUT2D eigenvalue weighted by atomic mass is 16.5. The van der Waals surface area contributed by atoms with Gasteiger partial charge in [0.25, 0.3) is 0 Å². The Labute approximate surface area is 125 Å². The molecule has 1 aliphatic rings. The van der Waals surface area contributed by atoms with Gasteiger partial charge < -0.3 is 10.1 Å². The van der Waals surface area contributed by atoms with E-state index in [1.165, 1.54) is 19.3 Å². The van der Waals surface area contributed by atoms with E-state index in [0.29, 0.717) is 12.6 Å². The van der Waals surface area contributed by atoms with Gasteiger partial charge in [0.05, 0.1) is 6.20 Å². The molecule has 1 fully saturated rings. The van der Waals surface area contributed by atoms with Crippen LogP contribution in [0.25, 0.3) is 0 Å². The molecule has 1 aliphatic heterocycles. The first-order chi connectivity index (χ1) is 10.4. The standard InChI is InChI=1S/C16H22N4O/c1-2-7-16(8-3-1)21-13-15-12-20(19-18-15)11-9-14-6-4-5-10-17-14/h1-3,7-8,12,14,17H,4-6,9-11,13H2. The maximum absolute atomic E-state index is 5.67. The van der Waals surface area contributed by atoms with Crippen LogP contribution in [0.2, 0.25) is 0 Å². The van der Waals surface area contributed by atoms with Gasteiger partial charge in [-0.2, -0.15) is 0 Å². The van der Waals surface area contributed by atoms with Crippen molar-refractivity contribution in [1.29, 1.82) is 0 Å². The van der Waals surface area contributed by atoms with E-state index in [1.54, 1.807) is 0 Å². The zero-order chi connectivity index (χ0) is 14.3. The maximum Gasteiger partial charge on any atom is 0.134 e. The molecule has 0 bridgehead atoms. The van der Waals surface area contributed by atoms with Crippen LogP contribution in [-0.2, 0) is 13.2 Å². The molecule has 1 aromatic heterocycles. The minimum atomic E-state index is 0.464. The summed E-state index contributed by atoms with van der Waals surface area (Å²) in [6, 6.07) is 10.4. The Morgan fingerprint density at radius 2 is 2.14 bits per heavy atom. The molecule has 1 saturated heterocycles. The lowest BCUT2D eigenvalue weighted by atomic mass is 10.0. The number of piperidine rings is 1. The van der Waals surface area contributed by atoms with Gasteiger partial charge in [0.2, 0.25) is 0 Å². The predicted molar refractivity (Wildman–Crippen MR) is 81.1 cm³/mol. The fraction of sp³-hybridized carbons (Fsp3) is 0.500. The van der Waals surface area contributed by atoms with Gasteiger partial charge in [0.15, 0.2) is 0 Å². The van der Waals surface area contributed by atoms with E-state index in [-0.39, 0.29) is 0 Å². The van der Waals surface area contributed by atoms with Gasteiger partial charge in [-0.05, 0) is 37.9 Å². The monoisotopic (exact) mass is 286 g/mol. The number of benzene rings is 1. The number of ether oxygens (including phenoxy) is 1. The zero-order valence-electron chi connectivity index (χ0n) is 12.2. The lowest BCUT2D eigenvalue weighted by Gasteiger charge is -2.23. The topological polar surface area (TPSA) is 52.0 Å². The number of nitrogens with one attached hydrogen (secondary N) is 1. The molecule has 0 saturated carbocycles. The van der Waals surface area contributed by atoms with Crippen molar-refractivity contribution in [1.82, 2.24) is 20.3 Å². The Kier molecular flexibility index (Phi) is 4.84. The molecule has 2 heterocycles. The van der Waals surface area contributed by atoms with Crippen molar-refractivity contribution in [2.24, 2.45) is 0 Å². The first-order valence-corrected chi connectivity index (χ1v) is 7.70. The number of para-hydroxylation sites is 1. The van der Waals surface area contributed by atoms with E-state index in [2.05, 4.69) is 15.6 Å². The summed E-state index contributed by atoms with van der Waals surface area (Å²) in [6.45, 7) is 2.53. The summed E-state index contributed by atoms with van der Waals surface area (Å²) in [5.74, 6) is 0.860. The van der Waals surface area contributed by atoms with Crippen LogP contribution in [-0.4, -0.2) is 27.6 Å². The molecule has 0 spiro atoms. The Bertz CT molecular complexity index is 534. The van der Waals surface area contributed by atoms with E-state index in [1.807, 2.05) is 41.2 Å². The molecule has 0 radical (unpaired) electrons. The van der Waals surface area contributed by atoms with Crippen LogP contribution in [0, 0.1) is 0 Å². The van der Waals surface area contributed by atoms with Crippen molar-refractivity contribution in [3.05, 3.63) is 42.2 Å². The molecule has 21 heavy (non-hydrogen) atoms. The zero-order valence-corrected chi connectivity index (χ0v) is 12.2. The number of nitrogens with zero attached hydrogens (tertiary/aromatic N) is 3. The highest BCUT2D eigenvalue weighted by molar-refractivity contribution is 5.21. The van der Waals surface area contributed by atoms with Crippen LogP contribution in [0.5, 0.6) is 5.75 Å². The van der Waals surface area contributed by atoms with Crippen molar-refractivity contribution in [3.8, 4) is 5.75 Å². The fourth-order valence-corrected chi connectivity index (χ4v) is 2.65. The van der Waals surface area contributed by atoms with Gasteiger partial charge in [-0.15, -0.1) is 5.10 Å². The second-order valence-electron chi connectivity index (χ2n) is 5.51. The molecule has 2 aromatic rings. The largest absolute Gasteiger partial charge is 0.487 e. The van der Waals surface area contributed by atoms with Gasteiger partial charge in [-0.25, -0.2) is 0 Å². The van der Waals surface area contributed by atoms with Crippen LogP contribution in [0.4, 0.5) is 0 Å². The number of hydrogen-bond donors (Lipinski definition) is 1. The second-order valence-corrected chi connectivity index (χ2v) is 5.51. The molecule has 112 valence electrons. The van der Waals surface area contributed by atoms with Crippen LogP contribution in [0.3, 0.4) is 0 Å². The minimum absolute atomic E-state index is 0.464. The quantitative estimate of drug-likeness (QED) is 0.886. The number of aromatic nitrogens is 3. The molecule has 5 heteroatoms. The van der Waals surface area contributed by atoms with E-state index in [9.17, 15) is 0 Å². The summed E-state index contributed by atoms with van der Waals surface area (Å²) in [6.07, 6.45) is 7.01. The van der Waals surface area contributed by atoms with Crippen LogP contribution < -0.4 is 10.1 Å². The first kappa shape index (κ1) is 14.1. The molecule has 0 amide bonds. The third kappa shape index (κ3) is 4.29. The van der Waals surface area contributed by atoms with Crippen LogP contribution >= 0.6 is 0 Å². The summed E-state index contributed by atoms with van der Waals surface area (Å²) in [4.78, 5) is 0. The van der Waals surface area contributed by atoms with Crippen LogP contribution in [0.1, 0.15) is 31.4 Å². The summed E-state index contributed by atoms with van der Waals surface area (Å²) in [7, 11) is 0.